The van der Waals surface area contributed by atoms with Gasteiger partial charge in [-0.05, 0) is 19.1 Å². The number of fused-ring (bicyclic) bond motifs is 1. The van der Waals surface area contributed by atoms with Crippen LogP contribution in [0, 0.1) is 6.92 Å². The van der Waals surface area contributed by atoms with Crippen molar-refractivity contribution in [3.63, 3.8) is 0 Å². The summed E-state index contributed by atoms with van der Waals surface area (Å²) >= 11 is 0. The minimum absolute atomic E-state index is 0.0676. The minimum Gasteiger partial charge on any atom is -0.480 e. The van der Waals surface area contributed by atoms with E-state index in [1.54, 1.807) is 6.92 Å². The molecule has 2 atom stereocenters. The third-order valence-electron chi connectivity index (χ3n) is 6.35. The van der Waals surface area contributed by atoms with Crippen LogP contribution in [0.15, 0.2) is 37.1 Å². The highest BCUT2D eigenvalue weighted by Crippen LogP contribution is 2.39. The molecular formula is C24H21F4N9O3. The number of anilines is 1. The molecule has 40 heavy (non-hydrogen) atoms. The van der Waals surface area contributed by atoms with E-state index in [4.69, 9.17) is 10.5 Å². The van der Waals surface area contributed by atoms with E-state index in [1.165, 1.54) is 36.7 Å². The lowest BCUT2D eigenvalue weighted by Crippen LogP contribution is -2.42. The zero-order chi connectivity index (χ0) is 28.8. The Morgan fingerprint density at radius 2 is 1.82 bits per heavy atom. The van der Waals surface area contributed by atoms with Gasteiger partial charge in [-0.2, -0.15) is 18.3 Å². The van der Waals surface area contributed by atoms with Crippen LogP contribution in [-0.2, 0) is 6.18 Å². The maximum atomic E-state index is 14.9. The molecule has 0 radical (unpaired) electrons. The van der Waals surface area contributed by atoms with E-state index >= 15 is 0 Å². The predicted molar refractivity (Wildman–Crippen MR) is 131 cm³/mol. The van der Waals surface area contributed by atoms with Crippen LogP contribution in [0.2, 0.25) is 0 Å². The number of nitrogens with two attached hydrogens (primary N) is 1. The average molecular weight is 559 g/mol. The van der Waals surface area contributed by atoms with Gasteiger partial charge in [0.05, 0.1) is 36.5 Å². The molecule has 0 aromatic carbocycles. The summed E-state index contributed by atoms with van der Waals surface area (Å²) in [4.78, 5) is 42.8. The smallest absolute Gasteiger partial charge is 0.418 e. The number of ether oxygens (including phenoxy) is 1. The van der Waals surface area contributed by atoms with E-state index in [2.05, 4.69) is 30.4 Å². The van der Waals surface area contributed by atoms with E-state index in [1.807, 2.05) is 0 Å². The van der Waals surface area contributed by atoms with Crippen molar-refractivity contribution < 1.29 is 31.9 Å². The van der Waals surface area contributed by atoms with Crippen LogP contribution in [0.25, 0.3) is 16.8 Å². The molecule has 5 heterocycles. The Morgan fingerprint density at radius 3 is 2.50 bits per heavy atom. The van der Waals surface area contributed by atoms with Gasteiger partial charge in [0.15, 0.2) is 5.82 Å². The molecule has 4 aromatic heterocycles. The number of methoxy groups -OCH3 is 1. The van der Waals surface area contributed by atoms with Gasteiger partial charge < -0.3 is 20.7 Å². The number of nitrogens with zero attached hydrogens (tertiary/aromatic N) is 7. The molecule has 1 saturated heterocycles. The fourth-order valence-electron chi connectivity index (χ4n) is 4.41. The lowest BCUT2D eigenvalue weighted by Gasteiger charge is -2.17. The highest BCUT2D eigenvalue weighted by Gasteiger charge is 2.38. The molecule has 5 rings (SSSR count). The van der Waals surface area contributed by atoms with Crippen molar-refractivity contribution >= 4 is 23.1 Å². The molecule has 0 saturated carbocycles. The molecule has 208 valence electrons. The average Bonchev–Trinajstić information content (AvgIpc) is 3.50. The fraction of sp³-hybridized carbons (Fsp3) is 0.292. The maximum absolute atomic E-state index is 14.9. The van der Waals surface area contributed by atoms with Gasteiger partial charge >= 0.3 is 6.18 Å². The zero-order valence-corrected chi connectivity index (χ0v) is 21.0. The van der Waals surface area contributed by atoms with Crippen molar-refractivity contribution in [3.05, 3.63) is 59.6 Å². The van der Waals surface area contributed by atoms with Crippen molar-refractivity contribution in [1.82, 2.24) is 39.8 Å². The summed E-state index contributed by atoms with van der Waals surface area (Å²) in [7, 11) is 1.25. The summed E-state index contributed by atoms with van der Waals surface area (Å²) in [6.07, 6.45) is -1.50. The zero-order valence-electron chi connectivity index (χ0n) is 21.0. The Kier molecular flexibility index (Phi) is 6.69. The number of aromatic nitrogens is 6. The second-order valence-corrected chi connectivity index (χ2v) is 8.95. The van der Waals surface area contributed by atoms with Crippen LogP contribution in [0.3, 0.4) is 0 Å². The molecule has 12 nitrogen and oxygen atoms in total. The lowest BCUT2D eigenvalue weighted by atomic mass is 10.1. The number of pyridine rings is 1. The normalized spacial score (nSPS) is 17.3. The fourth-order valence-corrected chi connectivity index (χ4v) is 4.41. The predicted octanol–water partition coefficient (Wildman–Crippen LogP) is 2.09. The number of nitrogens with one attached hydrogen (secondary N) is 1. The summed E-state index contributed by atoms with van der Waals surface area (Å²) < 4.78 is 62.2. The van der Waals surface area contributed by atoms with E-state index in [-0.39, 0.29) is 47.2 Å². The van der Waals surface area contributed by atoms with E-state index < -0.39 is 41.3 Å². The molecule has 3 N–H and O–H groups in total. The Labute approximate surface area is 223 Å². The molecule has 1 aliphatic rings. The number of halogens is 4. The minimum atomic E-state index is -4.77. The number of carbonyl (C=O) groups excluding carboxylic acids is 2. The standard InChI is InChI=1S/C24H21F4N9O3/c1-11-30-6-13(7-31-11)23(39)36-8-16(25)17(9-36)35-21(38)14-3-12(5-32-22(14)40-2)18-4-15(24(26,27)28)19-20(29)33-10-34-37(18)19/h3-7,10,16-17H,8-9H2,1-2H3,(H,35,38)(H2,29,33,34)/t16-,17+/m0/s1. The Balaban J connectivity index is 1.43. The largest absolute Gasteiger partial charge is 0.480 e. The number of carbonyl (C=O) groups is 2. The third kappa shape index (κ3) is 4.83. The van der Waals surface area contributed by atoms with Crippen molar-refractivity contribution in [3.8, 4) is 17.1 Å². The van der Waals surface area contributed by atoms with Crippen molar-refractivity contribution in [2.75, 3.05) is 25.9 Å². The molecule has 2 amide bonds. The van der Waals surface area contributed by atoms with E-state index in [0.717, 1.165) is 16.9 Å². The Bertz CT molecular complexity index is 1610. The number of alkyl halides is 4. The summed E-state index contributed by atoms with van der Waals surface area (Å²) in [5.41, 5.74) is 4.19. The van der Waals surface area contributed by atoms with Gasteiger partial charge in [0.25, 0.3) is 11.8 Å². The second kappa shape index (κ2) is 10.0. The molecule has 0 unspecified atom stereocenters. The Morgan fingerprint density at radius 1 is 1.10 bits per heavy atom. The highest BCUT2D eigenvalue weighted by molar-refractivity contribution is 5.98. The van der Waals surface area contributed by atoms with Crippen molar-refractivity contribution in [1.29, 1.82) is 0 Å². The quantitative estimate of drug-likeness (QED) is 0.350. The van der Waals surface area contributed by atoms with Crippen LogP contribution >= 0.6 is 0 Å². The lowest BCUT2D eigenvalue weighted by molar-refractivity contribution is -0.136. The Hall–Kier alpha value is -4.89. The summed E-state index contributed by atoms with van der Waals surface area (Å²) in [6.45, 7) is 1.25. The second-order valence-electron chi connectivity index (χ2n) is 8.95. The van der Waals surface area contributed by atoms with Gasteiger partial charge in [-0.1, -0.05) is 0 Å². The molecular weight excluding hydrogens is 538 g/mol. The number of amides is 2. The van der Waals surface area contributed by atoms with Gasteiger partial charge in [0, 0.05) is 30.7 Å². The van der Waals surface area contributed by atoms with E-state index in [9.17, 15) is 27.2 Å². The third-order valence-corrected chi connectivity index (χ3v) is 6.35. The van der Waals surface area contributed by atoms with Gasteiger partial charge in [-0.25, -0.2) is 28.8 Å². The number of hydrogen-bond acceptors (Lipinski definition) is 9. The van der Waals surface area contributed by atoms with Crippen LogP contribution < -0.4 is 15.8 Å². The summed E-state index contributed by atoms with van der Waals surface area (Å²) in [5, 5.41) is 6.42. The molecule has 1 aliphatic heterocycles. The maximum Gasteiger partial charge on any atom is 0.418 e. The molecule has 16 heteroatoms. The van der Waals surface area contributed by atoms with Gasteiger partial charge in [0.2, 0.25) is 5.88 Å². The van der Waals surface area contributed by atoms with Crippen molar-refractivity contribution in [2.45, 2.75) is 25.3 Å². The number of aryl methyl sites for hydroxylation is 1. The summed E-state index contributed by atoms with van der Waals surface area (Å²) in [5.74, 6) is -1.37. The SMILES string of the molecule is COc1ncc(-c2cc(C(F)(F)F)c3c(N)ncnn23)cc1C(=O)N[C@@H]1CN(C(=O)c2cnc(C)nc2)C[C@@H]1F. The van der Waals surface area contributed by atoms with Gasteiger partial charge in [0.1, 0.15) is 29.4 Å². The number of rotatable bonds is 5. The molecule has 0 bridgehead atoms. The van der Waals surface area contributed by atoms with Crippen molar-refractivity contribution in [2.24, 2.45) is 0 Å². The highest BCUT2D eigenvalue weighted by atomic mass is 19.4. The monoisotopic (exact) mass is 559 g/mol. The first-order chi connectivity index (χ1) is 19.0. The summed E-state index contributed by atoms with van der Waals surface area (Å²) in [6, 6.07) is 0.990. The number of likely N-dealkylation sites (tertiary alicyclic amines) is 1. The first-order valence-electron chi connectivity index (χ1n) is 11.7. The van der Waals surface area contributed by atoms with Crippen LogP contribution in [0.5, 0.6) is 5.88 Å². The van der Waals surface area contributed by atoms with Gasteiger partial charge in [-0.3, -0.25) is 9.59 Å². The number of hydrogen-bond donors (Lipinski definition) is 2. The first-order valence-corrected chi connectivity index (χ1v) is 11.7. The topological polar surface area (TPSA) is 154 Å². The van der Waals surface area contributed by atoms with Crippen LogP contribution in [0.4, 0.5) is 23.4 Å². The van der Waals surface area contributed by atoms with Crippen LogP contribution in [-0.4, -0.2) is 78.7 Å². The number of nitrogen functional groups attached to an aromatic ring is 1. The molecule has 1 fully saturated rings. The molecule has 4 aromatic rings. The van der Waals surface area contributed by atoms with Crippen LogP contribution in [0.1, 0.15) is 32.1 Å². The molecule has 0 spiro atoms. The van der Waals surface area contributed by atoms with Gasteiger partial charge in [-0.15, -0.1) is 0 Å². The van der Waals surface area contributed by atoms with E-state index in [0.29, 0.717) is 5.82 Å². The first kappa shape index (κ1) is 26.7. The molecule has 0 aliphatic carbocycles.